The fourth-order valence-corrected chi connectivity index (χ4v) is 2.37. The Bertz CT molecular complexity index is 793. The molecule has 0 fully saturated rings. The highest BCUT2D eigenvalue weighted by Crippen LogP contribution is 2.19. The van der Waals surface area contributed by atoms with Crippen molar-refractivity contribution in [2.24, 2.45) is 7.05 Å². The maximum absolute atomic E-state index is 12.3. The van der Waals surface area contributed by atoms with Gasteiger partial charge < -0.3 is 9.88 Å². The summed E-state index contributed by atoms with van der Waals surface area (Å²) in [6.07, 6.45) is 7.13. The summed E-state index contributed by atoms with van der Waals surface area (Å²) in [5.41, 5.74) is 3.61. The highest BCUT2D eigenvalue weighted by Gasteiger charge is 2.13. The Hall–Kier alpha value is -2.95. The third kappa shape index (κ3) is 3.45. The lowest BCUT2D eigenvalue weighted by Crippen LogP contribution is -2.26. The lowest BCUT2D eigenvalue weighted by Gasteiger charge is -2.12. The second-order valence-electron chi connectivity index (χ2n) is 5.47. The molecule has 1 unspecified atom stereocenters. The molecule has 0 aliphatic carbocycles. The third-order valence-corrected chi connectivity index (χ3v) is 3.68. The van der Waals surface area contributed by atoms with Crippen molar-refractivity contribution in [1.29, 1.82) is 0 Å². The zero-order chi connectivity index (χ0) is 16.2. The van der Waals surface area contributed by atoms with Crippen molar-refractivity contribution in [3.63, 3.8) is 0 Å². The first-order valence-corrected chi connectivity index (χ1v) is 7.42. The van der Waals surface area contributed by atoms with Gasteiger partial charge >= 0.3 is 0 Å². The van der Waals surface area contributed by atoms with Crippen LogP contribution >= 0.6 is 0 Å². The second kappa shape index (κ2) is 6.44. The van der Waals surface area contributed by atoms with Crippen molar-refractivity contribution in [1.82, 2.24) is 19.9 Å². The van der Waals surface area contributed by atoms with Gasteiger partial charge in [0.15, 0.2) is 0 Å². The van der Waals surface area contributed by atoms with E-state index in [1.807, 2.05) is 61.1 Å². The topological polar surface area (TPSA) is 59.8 Å². The van der Waals surface area contributed by atoms with Gasteiger partial charge in [0.25, 0.3) is 5.91 Å². The summed E-state index contributed by atoms with van der Waals surface area (Å²) < 4.78 is 1.86. The van der Waals surface area contributed by atoms with Crippen molar-refractivity contribution in [2.75, 3.05) is 0 Å². The average molecular weight is 306 g/mol. The van der Waals surface area contributed by atoms with E-state index in [0.29, 0.717) is 5.56 Å². The Morgan fingerprint density at radius 3 is 2.35 bits per heavy atom. The number of amides is 1. The molecule has 5 heteroatoms. The molecule has 1 N–H and O–H groups in total. The van der Waals surface area contributed by atoms with E-state index in [1.165, 1.54) is 0 Å². The molecule has 116 valence electrons. The van der Waals surface area contributed by atoms with Crippen molar-refractivity contribution in [3.05, 3.63) is 72.6 Å². The van der Waals surface area contributed by atoms with Crippen LogP contribution in [0.5, 0.6) is 0 Å². The number of nitrogens with one attached hydrogen (secondary N) is 1. The highest BCUT2D eigenvalue weighted by molar-refractivity contribution is 5.94. The number of aromatic nitrogens is 3. The van der Waals surface area contributed by atoms with Gasteiger partial charge in [-0.25, -0.2) is 4.98 Å². The van der Waals surface area contributed by atoms with Crippen LogP contribution in [0, 0.1) is 0 Å². The largest absolute Gasteiger partial charge is 0.344 e. The first-order chi connectivity index (χ1) is 11.1. The van der Waals surface area contributed by atoms with Gasteiger partial charge in [0.2, 0.25) is 0 Å². The number of imidazole rings is 1. The minimum Gasteiger partial charge on any atom is -0.344 e. The van der Waals surface area contributed by atoms with E-state index < -0.39 is 0 Å². The monoisotopic (exact) mass is 306 g/mol. The molecule has 0 saturated heterocycles. The second-order valence-corrected chi connectivity index (χ2v) is 5.47. The first-order valence-electron chi connectivity index (χ1n) is 7.42. The number of hydrogen-bond acceptors (Lipinski definition) is 3. The van der Waals surface area contributed by atoms with Crippen molar-refractivity contribution >= 4 is 5.91 Å². The van der Waals surface area contributed by atoms with E-state index in [0.717, 1.165) is 16.8 Å². The van der Waals surface area contributed by atoms with E-state index in [4.69, 9.17) is 0 Å². The van der Waals surface area contributed by atoms with Gasteiger partial charge in [0.1, 0.15) is 0 Å². The Labute approximate surface area is 135 Å². The summed E-state index contributed by atoms with van der Waals surface area (Å²) in [6.45, 7) is 1.92. The van der Waals surface area contributed by atoms with Gasteiger partial charge in [-0.1, -0.05) is 12.1 Å². The molecule has 1 aromatic carbocycles. The molecule has 1 atom stereocenters. The standard InChI is InChI=1S/C18H18N4O/c1-13(17-11-22(2)12-20-17)21-18(23)16-5-3-14(4-6-16)15-7-9-19-10-8-15/h3-13H,1-2H3,(H,21,23). The van der Waals surface area contributed by atoms with Crippen LogP contribution in [0.4, 0.5) is 0 Å². The molecule has 2 aromatic heterocycles. The minimum atomic E-state index is -0.136. The number of carbonyl (C=O) groups excluding carboxylic acids is 1. The molecule has 0 saturated carbocycles. The Morgan fingerprint density at radius 2 is 1.74 bits per heavy atom. The molecule has 0 bridgehead atoms. The number of hydrogen-bond donors (Lipinski definition) is 1. The summed E-state index contributed by atoms with van der Waals surface area (Å²) in [5, 5.41) is 2.96. The number of pyridine rings is 1. The molecule has 3 aromatic rings. The number of rotatable bonds is 4. The number of aryl methyl sites for hydroxylation is 1. The van der Waals surface area contributed by atoms with Crippen LogP contribution in [0.3, 0.4) is 0 Å². The Kier molecular flexibility index (Phi) is 4.19. The fraction of sp³-hybridized carbons (Fsp3) is 0.167. The zero-order valence-electron chi connectivity index (χ0n) is 13.1. The quantitative estimate of drug-likeness (QED) is 0.806. The Morgan fingerprint density at radius 1 is 1.09 bits per heavy atom. The molecular weight excluding hydrogens is 288 g/mol. The maximum Gasteiger partial charge on any atom is 0.251 e. The molecule has 3 rings (SSSR count). The van der Waals surface area contributed by atoms with Crippen LogP contribution in [0.25, 0.3) is 11.1 Å². The van der Waals surface area contributed by atoms with E-state index in [1.54, 1.807) is 18.7 Å². The Balaban J connectivity index is 1.70. The number of benzene rings is 1. The molecule has 2 heterocycles. The van der Waals surface area contributed by atoms with Gasteiger partial charge in [-0.2, -0.15) is 0 Å². The van der Waals surface area contributed by atoms with E-state index in [9.17, 15) is 4.79 Å². The molecule has 0 aliphatic rings. The molecule has 23 heavy (non-hydrogen) atoms. The summed E-state index contributed by atoms with van der Waals surface area (Å²) in [4.78, 5) is 20.6. The van der Waals surface area contributed by atoms with E-state index in [2.05, 4.69) is 15.3 Å². The number of carbonyl (C=O) groups is 1. The van der Waals surface area contributed by atoms with Gasteiger partial charge in [-0.3, -0.25) is 9.78 Å². The van der Waals surface area contributed by atoms with Gasteiger partial charge in [-0.05, 0) is 42.3 Å². The predicted octanol–water partition coefficient (Wildman–Crippen LogP) is 2.97. The molecule has 0 aliphatic heterocycles. The minimum absolute atomic E-state index is 0.107. The van der Waals surface area contributed by atoms with Crippen LogP contribution < -0.4 is 5.32 Å². The van der Waals surface area contributed by atoms with Crippen molar-refractivity contribution in [2.45, 2.75) is 13.0 Å². The zero-order valence-corrected chi connectivity index (χ0v) is 13.1. The van der Waals surface area contributed by atoms with Crippen molar-refractivity contribution < 1.29 is 4.79 Å². The molecule has 5 nitrogen and oxygen atoms in total. The smallest absolute Gasteiger partial charge is 0.251 e. The summed E-state index contributed by atoms with van der Waals surface area (Å²) in [7, 11) is 1.91. The van der Waals surface area contributed by atoms with Crippen LogP contribution in [0.2, 0.25) is 0 Å². The highest BCUT2D eigenvalue weighted by atomic mass is 16.1. The number of nitrogens with zero attached hydrogens (tertiary/aromatic N) is 3. The van der Waals surface area contributed by atoms with Gasteiger partial charge in [0.05, 0.1) is 18.1 Å². The SMILES string of the molecule is CC(NC(=O)c1ccc(-c2ccncc2)cc1)c1cn(C)cn1. The molecule has 0 radical (unpaired) electrons. The van der Waals surface area contributed by atoms with Crippen LogP contribution in [-0.2, 0) is 7.05 Å². The summed E-state index contributed by atoms with van der Waals surface area (Å²) >= 11 is 0. The molecule has 0 spiro atoms. The summed E-state index contributed by atoms with van der Waals surface area (Å²) in [6, 6.07) is 11.3. The predicted molar refractivity (Wildman–Crippen MR) is 88.8 cm³/mol. The maximum atomic E-state index is 12.3. The van der Waals surface area contributed by atoms with E-state index in [-0.39, 0.29) is 11.9 Å². The van der Waals surface area contributed by atoms with Gasteiger partial charge in [-0.15, -0.1) is 0 Å². The first kappa shape index (κ1) is 15.0. The van der Waals surface area contributed by atoms with Crippen LogP contribution in [0.15, 0.2) is 61.3 Å². The van der Waals surface area contributed by atoms with Crippen LogP contribution in [0.1, 0.15) is 29.0 Å². The van der Waals surface area contributed by atoms with E-state index >= 15 is 0 Å². The van der Waals surface area contributed by atoms with Crippen LogP contribution in [-0.4, -0.2) is 20.4 Å². The molecular formula is C18H18N4O. The lowest BCUT2D eigenvalue weighted by atomic mass is 10.0. The normalized spacial score (nSPS) is 11.9. The van der Waals surface area contributed by atoms with Gasteiger partial charge in [0, 0.05) is 31.2 Å². The lowest BCUT2D eigenvalue weighted by molar-refractivity contribution is 0.0939. The fourth-order valence-electron chi connectivity index (χ4n) is 2.37. The van der Waals surface area contributed by atoms with Crippen molar-refractivity contribution in [3.8, 4) is 11.1 Å². The third-order valence-electron chi connectivity index (χ3n) is 3.68. The summed E-state index contributed by atoms with van der Waals surface area (Å²) in [5.74, 6) is -0.107. The average Bonchev–Trinajstić information content (AvgIpc) is 3.02. The molecule has 1 amide bonds.